The van der Waals surface area contributed by atoms with Gasteiger partial charge >= 0.3 is 0 Å². The quantitative estimate of drug-likeness (QED) is 0.751. The number of rotatable bonds is 5. The van der Waals surface area contributed by atoms with E-state index in [-0.39, 0.29) is 29.9 Å². The SMILES string of the molecule is Cc1cc2c(cc1S(=O)(=O)N1CCC[C@H](C(=O)N(C)Cc3ccco3)C1)OCC(=O)N2. The van der Waals surface area contributed by atoms with Gasteiger partial charge in [0.2, 0.25) is 15.9 Å². The molecule has 0 bridgehead atoms. The van der Waals surface area contributed by atoms with Crippen LogP contribution < -0.4 is 10.1 Å². The molecule has 1 saturated heterocycles. The zero-order chi connectivity index (χ0) is 22.2. The van der Waals surface area contributed by atoms with Gasteiger partial charge in [-0.1, -0.05) is 0 Å². The monoisotopic (exact) mass is 447 g/mol. The summed E-state index contributed by atoms with van der Waals surface area (Å²) in [4.78, 5) is 26.1. The fourth-order valence-corrected chi connectivity index (χ4v) is 5.77. The smallest absolute Gasteiger partial charge is 0.262 e. The van der Waals surface area contributed by atoms with Crippen molar-refractivity contribution in [3.05, 3.63) is 41.9 Å². The van der Waals surface area contributed by atoms with Crippen molar-refractivity contribution in [1.82, 2.24) is 9.21 Å². The molecule has 1 aromatic heterocycles. The molecule has 2 aliphatic rings. The van der Waals surface area contributed by atoms with Crippen LogP contribution in [0.15, 0.2) is 39.8 Å². The lowest BCUT2D eigenvalue weighted by Crippen LogP contribution is -2.45. The fraction of sp³-hybridized carbons (Fsp3) is 0.429. The van der Waals surface area contributed by atoms with Crippen molar-refractivity contribution < 1.29 is 27.2 Å². The van der Waals surface area contributed by atoms with Gasteiger partial charge in [-0.2, -0.15) is 4.31 Å². The Labute approximate surface area is 181 Å². The largest absolute Gasteiger partial charge is 0.482 e. The van der Waals surface area contributed by atoms with Crippen LogP contribution in [-0.4, -0.2) is 56.2 Å². The second-order valence-electron chi connectivity index (χ2n) is 7.93. The molecule has 1 fully saturated rings. The number of carbonyl (C=O) groups is 2. The second-order valence-corrected chi connectivity index (χ2v) is 9.83. The lowest BCUT2D eigenvalue weighted by atomic mass is 9.98. The van der Waals surface area contributed by atoms with E-state index >= 15 is 0 Å². The molecule has 2 aliphatic heterocycles. The lowest BCUT2D eigenvalue weighted by Gasteiger charge is -2.33. The van der Waals surface area contributed by atoms with Gasteiger partial charge in [0, 0.05) is 26.2 Å². The number of ether oxygens (including phenoxy) is 1. The van der Waals surface area contributed by atoms with Crippen LogP contribution in [0.3, 0.4) is 0 Å². The maximum absolute atomic E-state index is 13.4. The van der Waals surface area contributed by atoms with E-state index in [2.05, 4.69) is 5.32 Å². The third kappa shape index (κ3) is 4.31. The van der Waals surface area contributed by atoms with E-state index in [1.807, 2.05) is 0 Å². The van der Waals surface area contributed by atoms with E-state index in [1.54, 1.807) is 43.3 Å². The second kappa shape index (κ2) is 8.35. The summed E-state index contributed by atoms with van der Waals surface area (Å²) in [6.45, 7) is 2.33. The van der Waals surface area contributed by atoms with E-state index in [1.165, 1.54) is 10.4 Å². The Morgan fingerprint density at radius 3 is 2.90 bits per heavy atom. The first kappa shape index (κ1) is 21.4. The summed E-state index contributed by atoms with van der Waals surface area (Å²) < 4.78 is 38.9. The molecule has 31 heavy (non-hydrogen) atoms. The molecule has 10 heteroatoms. The average Bonchev–Trinajstić information content (AvgIpc) is 3.25. The molecule has 1 N–H and O–H groups in total. The van der Waals surface area contributed by atoms with Gasteiger partial charge in [-0.25, -0.2) is 8.42 Å². The highest BCUT2D eigenvalue weighted by molar-refractivity contribution is 7.89. The number of hydrogen-bond acceptors (Lipinski definition) is 6. The number of hydrogen-bond donors (Lipinski definition) is 1. The van der Waals surface area contributed by atoms with Gasteiger partial charge in [-0.15, -0.1) is 0 Å². The van der Waals surface area contributed by atoms with Crippen LogP contribution in [0, 0.1) is 12.8 Å². The number of anilines is 1. The molecule has 0 aliphatic carbocycles. The third-order valence-electron chi connectivity index (χ3n) is 5.61. The number of nitrogens with zero attached hydrogens (tertiary/aromatic N) is 2. The summed E-state index contributed by atoms with van der Waals surface area (Å²) in [5.41, 5.74) is 0.965. The Bertz CT molecular complexity index is 1100. The normalized spacial score (nSPS) is 19.3. The van der Waals surface area contributed by atoms with E-state index in [0.717, 1.165) is 0 Å². The molecule has 2 aromatic rings. The number of piperidine rings is 1. The Morgan fingerprint density at radius 2 is 2.16 bits per heavy atom. The molecule has 2 amide bonds. The summed E-state index contributed by atoms with van der Waals surface area (Å²) in [5.74, 6) is 0.194. The minimum Gasteiger partial charge on any atom is -0.482 e. The van der Waals surface area contributed by atoms with E-state index in [4.69, 9.17) is 9.15 Å². The van der Waals surface area contributed by atoms with Crippen molar-refractivity contribution in [2.75, 3.05) is 32.1 Å². The molecule has 166 valence electrons. The third-order valence-corrected chi connectivity index (χ3v) is 7.62. The molecule has 3 heterocycles. The van der Waals surface area contributed by atoms with Gasteiger partial charge in [-0.05, 0) is 43.5 Å². The van der Waals surface area contributed by atoms with Crippen molar-refractivity contribution in [3.63, 3.8) is 0 Å². The Morgan fingerprint density at radius 1 is 1.35 bits per heavy atom. The Balaban J connectivity index is 1.52. The number of amides is 2. The molecule has 0 radical (unpaired) electrons. The number of nitrogens with one attached hydrogen (secondary N) is 1. The predicted molar refractivity (Wildman–Crippen MR) is 112 cm³/mol. The van der Waals surface area contributed by atoms with Gasteiger partial charge < -0.3 is 19.4 Å². The number of furan rings is 1. The molecule has 4 rings (SSSR count). The van der Waals surface area contributed by atoms with Crippen molar-refractivity contribution in [2.24, 2.45) is 5.92 Å². The Hall–Kier alpha value is -2.85. The number of fused-ring (bicyclic) bond motifs is 1. The lowest BCUT2D eigenvalue weighted by molar-refractivity contribution is -0.136. The number of benzene rings is 1. The Kier molecular flexibility index (Phi) is 5.76. The van der Waals surface area contributed by atoms with Crippen LogP contribution in [0.2, 0.25) is 0 Å². The van der Waals surface area contributed by atoms with Gasteiger partial charge in [-0.3, -0.25) is 9.59 Å². The summed E-state index contributed by atoms with van der Waals surface area (Å²) in [5, 5.41) is 2.68. The molecular weight excluding hydrogens is 422 g/mol. The zero-order valence-corrected chi connectivity index (χ0v) is 18.3. The molecule has 1 atom stereocenters. The maximum atomic E-state index is 13.4. The summed E-state index contributed by atoms with van der Waals surface area (Å²) >= 11 is 0. The van der Waals surface area contributed by atoms with Crippen molar-refractivity contribution in [3.8, 4) is 5.75 Å². The molecule has 0 spiro atoms. The first-order chi connectivity index (χ1) is 14.8. The van der Waals surface area contributed by atoms with Gasteiger partial charge in [0.1, 0.15) is 11.5 Å². The van der Waals surface area contributed by atoms with Crippen LogP contribution in [0.25, 0.3) is 0 Å². The number of sulfonamides is 1. The minimum atomic E-state index is -3.83. The average molecular weight is 448 g/mol. The van der Waals surface area contributed by atoms with Crippen molar-refractivity contribution >= 4 is 27.5 Å². The zero-order valence-electron chi connectivity index (χ0n) is 17.5. The topological polar surface area (TPSA) is 109 Å². The summed E-state index contributed by atoms with van der Waals surface area (Å²) in [7, 11) is -2.14. The molecule has 9 nitrogen and oxygen atoms in total. The van der Waals surface area contributed by atoms with Crippen LogP contribution in [0.5, 0.6) is 5.75 Å². The van der Waals surface area contributed by atoms with Gasteiger partial charge in [0.15, 0.2) is 6.61 Å². The first-order valence-electron chi connectivity index (χ1n) is 10.1. The van der Waals surface area contributed by atoms with Crippen LogP contribution in [-0.2, 0) is 26.2 Å². The highest BCUT2D eigenvalue weighted by atomic mass is 32.2. The first-order valence-corrected chi connectivity index (χ1v) is 11.5. The minimum absolute atomic E-state index is 0.107. The molecule has 0 saturated carbocycles. The van der Waals surface area contributed by atoms with Crippen LogP contribution in [0.4, 0.5) is 5.69 Å². The standard InChI is InChI=1S/C21H25N3O6S/c1-14-9-17-18(30-13-20(25)22-17)10-19(14)31(27,28)24-7-3-5-15(11-24)21(26)23(2)12-16-6-4-8-29-16/h4,6,8-10,15H,3,5,7,11-13H2,1-2H3,(H,22,25)/t15-/m0/s1. The number of aryl methyl sites for hydroxylation is 1. The van der Waals surface area contributed by atoms with Gasteiger partial charge in [0.25, 0.3) is 5.91 Å². The van der Waals surface area contributed by atoms with E-state index in [9.17, 15) is 18.0 Å². The van der Waals surface area contributed by atoms with Crippen LogP contribution >= 0.6 is 0 Å². The number of carbonyl (C=O) groups excluding carboxylic acids is 2. The fourth-order valence-electron chi connectivity index (χ4n) is 4.02. The van der Waals surface area contributed by atoms with Gasteiger partial charge in [0.05, 0.1) is 29.3 Å². The van der Waals surface area contributed by atoms with Crippen molar-refractivity contribution in [1.29, 1.82) is 0 Å². The molecule has 0 unspecified atom stereocenters. The van der Waals surface area contributed by atoms with Crippen LogP contribution in [0.1, 0.15) is 24.2 Å². The van der Waals surface area contributed by atoms with Crippen molar-refractivity contribution in [2.45, 2.75) is 31.2 Å². The predicted octanol–water partition coefficient (Wildman–Crippen LogP) is 1.98. The van der Waals surface area contributed by atoms with E-state index < -0.39 is 15.9 Å². The van der Waals surface area contributed by atoms with E-state index in [0.29, 0.717) is 48.7 Å². The maximum Gasteiger partial charge on any atom is 0.262 e. The highest BCUT2D eigenvalue weighted by Crippen LogP contribution is 2.35. The summed E-state index contributed by atoms with van der Waals surface area (Å²) in [6.07, 6.45) is 2.78. The highest BCUT2D eigenvalue weighted by Gasteiger charge is 2.36. The molecular formula is C21H25N3O6S. The molecule has 1 aromatic carbocycles. The summed E-state index contributed by atoms with van der Waals surface area (Å²) in [6, 6.07) is 6.61.